The van der Waals surface area contributed by atoms with Crippen LogP contribution in [0.5, 0.6) is 0 Å². The lowest BCUT2D eigenvalue weighted by molar-refractivity contribution is 0.0970. The molecule has 0 bridgehead atoms. The van der Waals surface area contributed by atoms with Crippen LogP contribution >= 0.6 is 0 Å². The number of anilines is 2. The smallest absolute Gasteiger partial charge is 0.267 e. The molecular weight excluding hydrogens is 392 g/mol. The second-order valence-corrected chi connectivity index (χ2v) is 7.39. The third kappa shape index (κ3) is 3.38. The number of amides is 1. The highest BCUT2D eigenvalue weighted by Gasteiger charge is 2.27. The first-order valence-corrected chi connectivity index (χ1v) is 10.0. The fourth-order valence-corrected chi connectivity index (χ4v) is 3.97. The monoisotopic (exact) mass is 412 g/mol. The number of ketones is 1. The van der Waals surface area contributed by atoms with Crippen molar-refractivity contribution in [2.75, 3.05) is 5.32 Å². The van der Waals surface area contributed by atoms with E-state index < -0.39 is 5.91 Å². The van der Waals surface area contributed by atoms with E-state index in [9.17, 15) is 9.59 Å². The van der Waals surface area contributed by atoms with Gasteiger partial charge in [0.2, 0.25) is 0 Å². The summed E-state index contributed by atoms with van der Waals surface area (Å²) in [6.45, 7) is 0. The minimum absolute atomic E-state index is 0.125. The molecule has 8 nitrogen and oxygen atoms in total. The van der Waals surface area contributed by atoms with E-state index in [0.29, 0.717) is 17.8 Å². The summed E-state index contributed by atoms with van der Waals surface area (Å²) in [5.41, 5.74) is 10.6. The van der Waals surface area contributed by atoms with Crippen molar-refractivity contribution in [3.8, 4) is 17.1 Å². The van der Waals surface area contributed by atoms with E-state index in [4.69, 9.17) is 5.73 Å². The summed E-state index contributed by atoms with van der Waals surface area (Å²) >= 11 is 0. The predicted molar refractivity (Wildman–Crippen MR) is 117 cm³/mol. The van der Waals surface area contributed by atoms with Gasteiger partial charge in [-0.15, -0.1) is 0 Å². The third-order valence-electron chi connectivity index (χ3n) is 5.38. The van der Waals surface area contributed by atoms with Crippen LogP contribution in [0.1, 0.15) is 39.4 Å². The van der Waals surface area contributed by atoms with Gasteiger partial charge in [0.05, 0.1) is 23.1 Å². The highest BCUT2D eigenvalue weighted by atomic mass is 16.1. The number of nitrogens with two attached hydrogens (primary N) is 1. The summed E-state index contributed by atoms with van der Waals surface area (Å²) in [7, 11) is 0. The van der Waals surface area contributed by atoms with Gasteiger partial charge in [-0.25, -0.2) is 9.67 Å². The molecule has 4 N–H and O–H groups in total. The van der Waals surface area contributed by atoms with Crippen LogP contribution in [0.25, 0.3) is 17.1 Å². The summed E-state index contributed by atoms with van der Waals surface area (Å²) in [5.74, 6) is -0.00233. The number of nitrogens with zero attached hydrogens (tertiary/aromatic N) is 3. The molecule has 0 aliphatic heterocycles. The van der Waals surface area contributed by atoms with Gasteiger partial charge < -0.3 is 16.0 Å². The van der Waals surface area contributed by atoms with E-state index in [-0.39, 0.29) is 11.5 Å². The number of hydrogen-bond acceptors (Lipinski definition) is 5. The van der Waals surface area contributed by atoms with Gasteiger partial charge in [-0.1, -0.05) is 18.2 Å². The number of para-hydroxylation sites is 1. The maximum absolute atomic E-state index is 12.8. The van der Waals surface area contributed by atoms with Crippen LogP contribution in [0.15, 0.2) is 60.9 Å². The van der Waals surface area contributed by atoms with Crippen molar-refractivity contribution in [1.29, 1.82) is 0 Å². The van der Waals surface area contributed by atoms with Crippen molar-refractivity contribution in [2.24, 2.45) is 5.73 Å². The molecule has 1 amide bonds. The van der Waals surface area contributed by atoms with Crippen LogP contribution in [0.2, 0.25) is 0 Å². The third-order valence-corrected chi connectivity index (χ3v) is 5.38. The molecule has 0 atom stereocenters. The number of aromatic amines is 1. The topological polar surface area (TPSA) is 119 Å². The molecule has 5 rings (SSSR count). The molecule has 1 aliphatic rings. The highest BCUT2D eigenvalue weighted by molar-refractivity contribution is 6.07. The van der Waals surface area contributed by atoms with Crippen LogP contribution in [0, 0.1) is 0 Å². The molecule has 31 heavy (non-hydrogen) atoms. The largest absolute Gasteiger partial charge is 0.364 e. The van der Waals surface area contributed by atoms with Crippen molar-refractivity contribution in [2.45, 2.75) is 19.3 Å². The number of nitrogens with one attached hydrogen (secondary N) is 2. The zero-order valence-corrected chi connectivity index (χ0v) is 16.6. The lowest BCUT2D eigenvalue weighted by Gasteiger charge is -2.14. The van der Waals surface area contributed by atoms with Crippen molar-refractivity contribution >= 4 is 23.1 Å². The van der Waals surface area contributed by atoms with Crippen LogP contribution in [-0.2, 0) is 6.42 Å². The summed E-state index contributed by atoms with van der Waals surface area (Å²) < 4.78 is 1.41. The Morgan fingerprint density at radius 1 is 1.10 bits per heavy atom. The highest BCUT2D eigenvalue weighted by Crippen LogP contribution is 2.39. The average molecular weight is 412 g/mol. The van der Waals surface area contributed by atoms with E-state index in [1.807, 2.05) is 42.5 Å². The number of Topliss-reactive ketones (excluding diaryl/α,β-unsaturated/α-hetero) is 1. The van der Waals surface area contributed by atoms with Crippen LogP contribution in [-0.4, -0.2) is 31.4 Å². The zero-order valence-electron chi connectivity index (χ0n) is 16.6. The molecule has 0 unspecified atom stereocenters. The Balaban J connectivity index is 1.65. The molecule has 154 valence electrons. The van der Waals surface area contributed by atoms with E-state index in [0.717, 1.165) is 41.2 Å². The van der Waals surface area contributed by atoms with E-state index in [1.165, 1.54) is 10.9 Å². The summed E-state index contributed by atoms with van der Waals surface area (Å²) in [6, 6.07) is 15.0. The summed E-state index contributed by atoms with van der Waals surface area (Å²) in [5, 5.41) is 7.61. The number of H-pyrrole nitrogens is 1. The molecule has 4 aromatic rings. The maximum Gasteiger partial charge on any atom is 0.267 e. The molecule has 0 radical (unpaired) electrons. The number of benzene rings is 1. The quantitative estimate of drug-likeness (QED) is 0.463. The minimum Gasteiger partial charge on any atom is -0.364 e. The SMILES string of the molecule is NC(=O)c1ccnn1-c1cc(-c2[nH]c3c(c2Nc2ccccc2)C(=O)CCC3)ccn1. The number of aromatic nitrogens is 4. The Labute approximate surface area is 178 Å². The molecular formula is C23H20N6O2. The molecule has 0 spiro atoms. The van der Waals surface area contributed by atoms with Crippen molar-refractivity contribution in [1.82, 2.24) is 19.7 Å². The molecule has 0 saturated heterocycles. The Morgan fingerprint density at radius 2 is 1.94 bits per heavy atom. The normalized spacial score (nSPS) is 13.1. The first-order chi connectivity index (χ1) is 15.1. The second-order valence-electron chi connectivity index (χ2n) is 7.39. The lowest BCUT2D eigenvalue weighted by atomic mass is 9.95. The molecule has 8 heteroatoms. The first-order valence-electron chi connectivity index (χ1n) is 10.0. The van der Waals surface area contributed by atoms with Gasteiger partial charge in [-0.3, -0.25) is 9.59 Å². The molecule has 1 aromatic carbocycles. The molecule has 0 saturated carbocycles. The van der Waals surface area contributed by atoms with Gasteiger partial charge >= 0.3 is 0 Å². The van der Waals surface area contributed by atoms with Gasteiger partial charge in [-0.2, -0.15) is 5.10 Å². The number of carbonyl (C=O) groups excluding carboxylic acids is 2. The van der Waals surface area contributed by atoms with E-state index in [1.54, 1.807) is 12.3 Å². The number of primary amides is 1. The molecule has 3 heterocycles. The minimum atomic E-state index is -0.586. The summed E-state index contributed by atoms with van der Waals surface area (Å²) in [6.07, 6.45) is 5.32. The van der Waals surface area contributed by atoms with Crippen molar-refractivity contribution in [3.05, 3.63) is 77.9 Å². The number of rotatable bonds is 5. The number of fused-ring (bicyclic) bond motifs is 1. The second kappa shape index (κ2) is 7.56. The predicted octanol–water partition coefficient (Wildman–Crippen LogP) is 3.62. The fraction of sp³-hybridized carbons (Fsp3) is 0.130. The zero-order chi connectivity index (χ0) is 21.4. The van der Waals surface area contributed by atoms with Gasteiger partial charge in [-0.05, 0) is 43.2 Å². The number of aryl methyl sites for hydroxylation is 1. The lowest BCUT2D eigenvalue weighted by Crippen LogP contribution is -2.17. The number of pyridine rings is 1. The Bertz CT molecular complexity index is 1290. The van der Waals surface area contributed by atoms with Gasteiger partial charge in [0, 0.05) is 29.6 Å². The van der Waals surface area contributed by atoms with E-state index >= 15 is 0 Å². The fourth-order valence-electron chi connectivity index (χ4n) is 3.97. The van der Waals surface area contributed by atoms with Gasteiger partial charge in [0.25, 0.3) is 5.91 Å². The van der Waals surface area contributed by atoms with Crippen LogP contribution in [0.3, 0.4) is 0 Å². The van der Waals surface area contributed by atoms with Crippen molar-refractivity contribution < 1.29 is 9.59 Å². The summed E-state index contributed by atoms with van der Waals surface area (Å²) in [4.78, 5) is 32.3. The number of carbonyl (C=O) groups is 2. The van der Waals surface area contributed by atoms with Gasteiger partial charge in [0.15, 0.2) is 11.6 Å². The molecule has 3 aromatic heterocycles. The molecule has 1 aliphatic carbocycles. The Hall–Kier alpha value is -4.20. The van der Waals surface area contributed by atoms with Gasteiger partial charge in [0.1, 0.15) is 5.69 Å². The van der Waals surface area contributed by atoms with Crippen LogP contribution < -0.4 is 11.1 Å². The molecule has 0 fully saturated rings. The average Bonchev–Trinajstić information content (AvgIpc) is 3.41. The first kappa shape index (κ1) is 18.8. The maximum atomic E-state index is 12.8. The standard InChI is InChI=1S/C23H20N6O2/c24-23(31)17-10-12-26-29(17)19-13-14(9-11-25-19)21-22(27-15-5-2-1-3-6-15)20-16(28-21)7-4-8-18(20)30/h1-3,5-6,9-13,27-28H,4,7-8H2,(H2,24,31). The Morgan fingerprint density at radius 3 is 2.74 bits per heavy atom. The Kier molecular flexibility index (Phi) is 4.59. The number of hydrogen-bond donors (Lipinski definition) is 3. The van der Waals surface area contributed by atoms with Crippen molar-refractivity contribution in [3.63, 3.8) is 0 Å². The van der Waals surface area contributed by atoms with Crippen LogP contribution in [0.4, 0.5) is 11.4 Å². The van der Waals surface area contributed by atoms with E-state index in [2.05, 4.69) is 20.4 Å².